The number of anilines is 1. The number of hydrogen-bond donors (Lipinski definition) is 1. The number of thioether (sulfide) groups is 1. The number of rotatable bonds is 2. The lowest BCUT2D eigenvalue weighted by molar-refractivity contribution is 0.927. The topological polar surface area (TPSA) is 64.7 Å². The second-order valence-electron chi connectivity index (χ2n) is 3.49. The average Bonchev–Trinajstić information content (AvgIpc) is 2.28. The van der Waals surface area contributed by atoms with Gasteiger partial charge < -0.3 is 5.73 Å². The van der Waals surface area contributed by atoms with Gasteiger partial charge in [-0.05, 0) is 30.9 Å². The number of aryl methyl sites for hydroxylation is 1. The molecule has 88 valence electrons. The number of nitrogens with two attached hydrogens (primary N) is 1. The summed E-state index contributed by atoms with van der Waals surface area (Å²) < 4.78 is 0.954. The minimum absolute atomic E-state index is 0.242. The average molecular weight is 311 g/mol. The first kappa shape index (κ1) is 12.3. The number of halogens is 1. The van der Waals surface area contributed by atoms with Crippen molar-refractivity contribution < 1.29 is 0 Å². The van der Waals surface area contributed by atoms with E-state index in [0.717, 1.165) is 10.0 Å². The maximum Gasteiger partial charge on any atom is 0.224 e. The van der Waals surface area contributed by atoms with Crippen LogP contribution in [-0.4, -0.2) is 21.2 Å². The summed E-state index contributed by atoms with van der Waals surface area (Å²) in [6, 6.07) is 6.01. The summed E-state index contributed by atoms with van der Waals surface area (Å²) >= 11 is 4.95. The lowest BCUT2D eigenvalue weighted by Gasteiger charge is -2.06. The summed E-state index contributed by atoms with van der Waals surface area (Å²) in [7, 11) is 0. The van der Waals surface area contributed by atoms with E-state index >= 15 is 0 Å². The largest absolute Gasteiger partial charge is 0.368 e. The van der Waals surface area contributed by atoms with Crippen molar-refractivity contribution in [2.75, 3.05) is 12.0 Å². The number of nitrogens with zero attached hydrogens (tertiary/aromatic N) is 3. The van der Waals surface area contributed by atoms with Crippen molar-refractivity contribution in [3.63, 3.8) is 0 Å². The predicted octanol–water partition coefficient (Wildman–Crippen LogP) is 2.91. The van der Waals surface area contributed by atoms with E-state index in [9.17, 15) is 0 Å². The van der Waals surface area contributed by atoms with E-state index in [1.54, 1.807) is 0 Å². The van der Waals surface area contributed by atoms with Crippen molar-refractivity contribution in [3.05, 3.63) is 28.2 Å². The maximum absolute atomic E-state index is 5.66. The molecule has 0 atom stereocenters. The van der Waals surface area contributed by atoms with Crippen LogP contribution in [0.15, 0.2) is 27.8 Å². The Morgan fingerprint density at radius 3 is 2.65 bits per heavy atom. The highest BCUT2D eigenvalue weighted by molar-refractivity contribution is 9.10. The van der Waals surface area contributed by atoms with Crippen LogP contribution in [0.4, 0.5) is 5.95 Å². The van der Waals surface area contributed by atoms with E-state index in [1.807, 2.05) is 31.4 Å². The Balaban J connectivity index is 2.55. The molecule has 17 heavy (non-hydrogen) atoms. The molecule has 0 spiro atoms. The van der Waals surface area contributed by atoms with Crippen LogP contribution >= 0.6 is 27.7 Å². The normalized spacial score (nSPS) is 10.5. The third kappa shape index (κ3) is 2.76. The molecular weight excluding hydrogens is 300 g/mol. The predicted molar refractivity (Wildman–Crippen MR) is 73.9 cm³/mol. The highest BCUT2D eigenvalue weighted by atomic mass is 79.9. The molecule has 2 rings (SSSR count). The lowest BCUT2D eigenvalue weighted by atomic mass is 10.1. The lowest BCUT2D eigenvalue weighted by Crippen LogP contribution is -2.01. The molecule has 0 radical (unpaired) electrons. The smallest absolute Gasteiger partial charge is 0.224 e. The van der Waals surface area contributed by atoms with E-state index in [2.05, 4.69) is 30.9 Å². The molecule has 0 fully saturated rings. The fourth-order valence-electron chi connectivity index (χ4n) is 1.39. The van der Waals surface area contributed by atoms with Gasteiger partial charge in [-0.25, -0.2) is 4.98 Å². The monoisotopic (exact) mass is 310 g/mol. The van der Waals surface area contributed by atoms with E-state index in [4.69, 9.17) is 5.73 Å². The zero-order valence-corrected chi connectivity index (χ0v) is 11.8. The molecular formula is C11H11BrN4S. The quantitative estimate of drug-likeness (QED) is 0.864. The first-order valence-corrected chi connectivity index (χ1v) is 6.94. The van der Waals surface area contributed by atoms with Gasteiger partial charge in [0.05, 0.1) is 0 Å². The van der Waals surface area contributed by atoms with Gasteiger partial charge in [0.25, 0.3) is 0 Å². The molecule has 0 bridgehead atoms. The Bertz CT molecular complexity index is 559. The number of benzene rings is 1. The highest BCUT2D eigenvalue weighted by Gasteiger charge is 2.09. The zero-order valence-electron chi connectivity index (χ0n) is 9.44. The highest BCUT2D eigenvalue weighted by Crippen LogP contribution is 2.27. The minimum Gasteiger partial charge on any atom is -0.368 e. The first-order valence-electron chi connectivity index (χ1n) is 4.92. The summed E-state index contributed by atoms with van der Waals surface area (Å²) in [5, 5.41) is 0.625. The molecule has 4 nitrogen and oxygen atoms in total. The van der Waals surface area contributed by atoms with Gasteiger partial charge >= 0.3 is 0 Å². The van der Waals surface area contributed by atoms with Crippen LogP contribution in [0.25, 0.3) is 11.4 Å². The third-order valence-electron chi connectivity index (χ3n) is 2.18. The zero-order chi connectivity index (χ0) is 12.4. The van der Waals surface area contributed by atoms with Gasteiger partial charge in [-0.1, -0.05) is 33.8 Å². The molecule has 0 aliphatic heterocycles. The summed E-state index contributed by atoms with van der Waals surface area (Å²) in [6.45, 7) is 2.03. The standard InChI is InChI=1S/C11H11BrN4S/c1-6-3-4-7(8(12)5-6)9-14-10(13)16-11(15-9)17-2/h3-5H,1-2H3,(H2,13,14,15,16). The van der Waals surface area contributed by atoms with Gasteiger partial charge in [0, 0.05) is 10.0 Å². The third-order valence-corrected chi connectivity index (χ3v) is 3.38. The maximum atomic E-state index is 5.66. The molecule has 1 heterocycles. The van der Waals surface area contributed by atoms with Gasteiger partial charge in [0.15, 0.2) is 11.0 Å². The van der Waals surface area contributed by atoms with Gasteiger partial charge in [-0.3, -0.25) is 0 Å². The fourth-order valence-corrected chi connectivity index (χ4v) is 2.42. The Labute approximate surface area is 112 Å². The van der Waals surface area contributed by atoms with Crippen LogP contribution in [0.2, 0.25) is 0 Å². The molecule has 0 saturated heterocycles. The molecule has 0 aliphatic rings. The second kappa shape index (κ2) is 5.01. The number of nitrogen functional groups attached to an aromatic ring is 1. The van der Waals surface area contributed by atoms with E-state index < -0.39 is 0 Å². The summed E-state index contributed by atoms with van der Waals surface area (Å²) in [4.78, 5) is 12.5. The molecule has 1 aromatic heterocycles. The van der Waals surface area contributed by atoms with Crippen LogP contribution in [-0.2, 0) is 0 Å². The minimum atomic E-state index is 0.242. The van der Waals surface area contributed by atoms with Crippen LogP contribution in [0, 0.1) is 6.92 Å². The first-order chi connectivity index (χ1) is 8.10. The summed E-state index contributed by atoms with van der Waals surface area (Å²) in [6.07, 6.45) is 1.91. The molecule has 0 aliphatic carbocycles. The molecule has 0 amide bonds. The second-order valence-corrected chi connectivity index (χ2v) is 5.11. The fraction of sp³-hybridized carbons (Fsp3) is 0.182. The molecule has 0 saturated carbocycles. The van der Waals surface area contributed by atoms with Gasteiger partial charge in [-0.15, -0.1) is 0 Å². The SMILES string of the molecule is CSc1nc(N)nc(-c2ccc(C)cc2Br)n1. The molecule has 6 heteroatoms. The van der Waals surface area contributed by atoms with Crippen LogP contribution in [0.5, 0.6) is 0 Å². The van der Waals surface area contributed by atoms with Crippen LogP contribution in [0.3, 0.4) is 0 Å². The Morgan fingerprint density at radius 1 is 1.24 bits per heavy atom. The van der Waals surface area contributed by atoms with Crippen LogP contribution < -0.4 is 5.73 Å². The van der Waals surface area contributed by atoms with E-state index in [1.165, 1.54) is 17.3 Å². The number of hydrogen-bond acceptors (Lipinski definition) is 5. The van der Waals surface area contributed by atoms with Crippen molar-refractivity contribution >= 4 is 33.6 Å². The van der Waals surface area contributed by atoms with Gasteiger partial charge in [-0.2, -0.15) is 9.97 Å². The van der Waals surface area contributed by atoms with Gasteiger partial charge in [0.2, 0.25) is 5.95 Å². The van der Waals surface area contributed by atoms with Crippen molar-refractivity contribution in [2.24, 2.45) is 0 Å². The molecule has 1 aromatic carbocycles. The van der Waals surface area contributed by atoms with Crippen LogP contribution in [0.1, 0.15) is 5.56 Å². The molecule has 2 aromatic rings. The Hall–Kier alpha value is -1.14. The molecule has 0 unspecified atom stereocenters. The summed E-state index contributed by atoms with van der Waals surface area (Å²) in [5.74, 6) is 0.834. The Morgan fingerprint density at radius 2 is 2.00 bits per heavy atom. The summed E-state index contributed by atoms with van der Waals surface area (Å²) in [5.41, 5.74) is 7.75. The van der Waals surface area contributed by atoms with E-state index in [0.29, 0.717) is 11.0 Å². The number of aromatic nitrogens is 3. The Kier molecular flexibility index (Phi) is 3.63. The van der Waals surface area contributed by atoms with Crippen molar-refractivity contribution in [3.8, 4) is 11.4 Å². The van der Waals surface area contributed by atoms with Crippen molar-refractivity contribution in [2.45, 2.75) is 12.1 Å². The molecule has 2 N–H and O–H groups in total. The van der Waals surface area contributed by atoms with E-state index in [-0.39, 0.29) is 5.95 Å². The van der Waals surface area contributed by atoms with Gasteiger partial charge in [0.1, 0.15) is 0 Å². The van der Waals surface area contributed by atoms with Crippen molar-refractivity contribution in [1.82, 2.24) is 15.0 Å². The van der Waals surface area contributed by atoms with Crippen molar-refractivity contribution in [1.29, 1.82) is 0 Å².